The third-order valence-corrected chi connectivity index (χ3v) is 10.4. The second-order valence-electron chi connectivity index (χ2n) is 7.38. The molecule has 2 aromatic carbocycles. The Morgan fingerprint density at radius 1 is 0.658 bits per heavy atom. The van der Waals surface area contributed by atoms with Gasteiger partial charge in [-0.25, -0.2) is 9.59 Å². The van der Waals surface area contributed by atoms with E-state index >= 15 is 0 Å². The second-order valence-corrected chi connectivity index (χ2v) is 14.2. The number of likely N-dealkylation sites (N-methyl/N-ethyl adjacent to an activating group) is 2. The highest BCUT2D eigenvalue weighted by atomic mass is 127. The maximum absolute atomic E-state index is 12.7. The minimum atomic E-state index is -1.07. The van der Waals surface area contributed by atoms with Gasteiger partial charge in [-0.15, -0.1) is 0 Å². The average Bonchev–Trinajstić information content (AvgIpc) is 2.79. The number of benzene rings is 2. The number of carboxylic acid groups (broad SMARTS) is 2. The molecule has 0 fully saturated rings. The molecule has 0 radical (unpaired) electrons. The fourth-order valence-corrected chi connectivity index (χ4v) is 12.2. The van der Waals surface area contributed by atoms with Crippen LogP contribution >= 0.6 is 136 Å². The van der Waals surface area contributed by atoms with Crippen LogP contribution in [0.4, 0.5) is 11.4 Å². The third-order valence-electron chi connectivity index (χ3n) is 4.96. The monoisotopic (exact) mass is 1200 g/mol. The number of hydrogen-bond acceptors (Lipinski definition) is 6. The summed E-state index contributed by atoms with van der Waals surface area (Å²) in [4.78, 5) is 51.3. The summed E-state index contributed by atoms with van der Waals surface area (Å²) < 4.78 is 14.4. The van der Waals surface area contributed by atoms with E-state index in [1.807, 2.05) is 90.4 Å². The molecule has 0 heterocycles. The quantitative estimate of drug-likeness (QED) is 0.227. The van der Waals surface area contributed by atoms with E-state index in [0.29, 0.717) is 25.7 Å². The smallest absolute Gasteiger partial charge is 0.337 e. The number of anilines is 2. The number of carboxylic acids is 2. The molecule has 10 nitrogen and oxygen atoms in total. The van der Waals surface area contributed by atoms with E-state index in [9.17, 15) is 29.4 Å². The third kappa shape index (κ3) is 8.57. The summed E-state index contributed by atoms with van der Waals surface area (Å²) in [6, 6.07) is 3.41. The molecule has 0 bridgehead atoms. The van der Waals surface area contributed by atoms with Crippen molar-refractivity contribution < 1.29 is 38.9 Å². The molecule has 2 N–H and O–H groups in total. The number of rotatable bonds is 11. The molecular formula is C22H18I6N2O8. The Hall–Kier alpha value is 0.620. The molecule has 206 valence electrons. The van der Waals surface area contributed by atoms with E-state index in [2.05, 4.69) is 45.2 Å². The molecular weight excluding hydrogens is 1180 g/mol. The zero-order valence-corrected chi connectivity index (χ0v) is 32.4. The molecule has 16 heteroatoms. The summed E-state index contributed by atoms with van der Waals surface area (Å²) in [5.41, 5.74) is 1.26. The van der Waals surface area contributed by atoms with E-state index < -0.39 is 11.9 Å². The molecule has 2 rings (SSSR count). The Kier molecular flexibility index (Phi) is 14.4. The Labute approximate surface area is 300 Å². The van der Waals surface area contributed by atoms with Gasteiger partial charge in [0.25, 0.3) is 11.8 Å². The van der Waals surface area contributed by atoms with Crippen molar-refractivity contribution in [3.05, 3.63) is 44.7 Å². The molecule has 38 heavy (non-hydrogen) atoms. The van der Waals surface area contributed by atoms with Gasteiger partial charge in [-0.1, -0.05) is 0 Å². The van der Waals surface area contributed by atoms with Gasteiger partial charge < -0.3 is 29.5 Å². The molecule has 0 atom stereocenters. The first-order chi connectivity index (χ1) is 17.7. The summed E-state index contributed by atoms with van der Waals surface area (Å²) in [5.74, 6) is -2.88. The van der Waals surface area contributed by atoms with Crippen LogP contribution in [-0.4, -0.2) is 74.5 Å². The van der Waals surface area contributed by atoms with E-state index in [1.54, 1.807) is 26.2 Å². The van der Waals surface area contributed by atoms with Crippen LogP contribution in [0.5, 0.6) is 0 Å². The van der Waals surface area contributed by atoms with Crippen LogP contribution in [-0.2, 0) is 19.1 Å². The van der Waals surface area contributed by atoms with Crippen LogP contribution < -0.4 is 9.80 Å². The van der Waals surface area contributed by atoms with Crippen molar-refractivity contribution in [1.29, 1.82) is 0 Å². The predicted molar refractivity (Wildman–Crippen MR) is 192 cm³/mol. The highest BCUT2D eigenvalue weighted by Gasteiger charge is 2.25. The highest BCUT2D eigenvalue weighted by Crippen LogP contribution is 2.35. The molecule has 0 aliphatic carbocycles. The molecule has 0 spiro atoms. The molecule has 0 unspecified atom stereocenters. The van der Waals surface area contributed by atoms with Crippen molar-refractivity contribution in [2.24, 2.45) is 0 Å². The summed E-state index contributed by atoms with van der Waals surface area (Å²) >= 11 is 11.9. The van der Waals surface area contributed by atoms with Crippen molar-refractivity contribution in [3.63, 3.8) is 0 Å². The van der Waals surface area contributed by atoms with Gasteiger partial charge in [-0.05, 0) is 148 Å². The lowest BCUT2D eigenvalue weighted by atomic mass is 10.2. The van der Waals surface area contributed by atoms with Gasteiger partial charge in [0.05, 0.1) is 42.9 Å². The minimum Gasteiger partial charge on any atom is -0.478 e. The number of aromatic carboxylic acids is 2. The SMILES string of the molecule is CN(C(=O)COCCOCC(=O)N(C)c1c(I)cc(I)c(C(=O)O)c1I)c1c(I)cc(I)c(C(=O)O)c1I. The number of amides is 2. The van der Waals surface area contributed by atoms with E-state index in [1.165, 1.54) is 9.80 Å². The fraction of sp³-hybridized carbons (Fsp3) is 0.273. The maximum Gasteiger partial charge on any atom is 0.337 e. The van der Waals surface area contributed by atoms with E-state index in [-0.39, 0.29) is 49.4 Å². The number of hydrogen-bond donors (Lipinski definition) is 2. The topological polar surface area (TPSA) is 134 Å². The van der Waals surface area contributed by atoms with Crippen LogP contribution in [0.15, 0.2) is 12.1 Å². The van der Waals surface area contributed by atoms with Gasteiger partial charge >= 0.3 is 11.9 Å². The van der Waals surface area contributed by atoms with Crippen molar-refractivity contribution in [3.8, 4) is 0 Å². The summed E-state index contributed by atoms with van der Waals surface area (Å²) in [6.45, 7) is -0.407. The Bertz CT molecular complexity index is 1190. The first-order valence-electron chi connectivity index (χ1n) is 10.2. The zero-order chi connectivity index (χ0) is 28.9. The average molecular weight is 1200 g/mol. The maximum atomic E-state index is 12.7. The van der Waals surface area contributed by atoms with E-state index in [4.69, 9.17) is 9.47 Å². The highest BCUT2D eigenvalue weighted by molar-refractivity contribution is 14.1. The lowest BCUT2D eigenvalue weighted by molar-refractivity contribution is -0.126. The van der Waals surface area contributed by atoms with Crippen molar-refractivity contribution >= 4 is 171 Å². The van der Waals surface area contributed by atoms with Crippen LogP contribution in [0, 0.1) is 21.4 Å². The zero-order valence-electron chi connectivity index (χ0n) is 19.5. The summed E-state index contributed by atoms with van der Waals surface area (Å²) in [7, 11) is 3.11. The molecule has 2 aromatic rings. The van der Waals surface area contributed by atoms with Crippen LogP contribution in [0.2, 0.25) is 0 Å². The van der Waals surface area contributed by atoms with Crippen LogP contribution in [0.3, 0.4) is 0 Å². The normalized spacial score (nSPS) is 10.8. The summed E-state index contributed by atoms with van der Waals surface area (Å²) in [5, 5.41) is 19.0. The predicted octanol–water partition coefficient (Wildman–Crippen LogP) is 5.37. The van der Waals surface area contributed by atoms with Gasteiger partial charge in [0.1, 0.15) is 13.2 Å². The molecule has 0 aromatic heterocycles. The number of carbonyl (C=O) groups excluding carboxylic acids is 2. The number of nitrogens with zero attached hydrogens (tertiary/aromatic N) is 2. The molecule has 0 saturated carbocycles. The van der Waals surface area contributed by atoms with Crippen molar-refractivity contribution in [2.75, 3.05) is 50.3 Å². The Morgan fingerprint density at radius 2 is 0.974 bits per heavy atom. The lowest BCUT2D eigenvalue weighted by Crippen LogP contribution is -2.33. The summed E-state index contributed by atoms with van der Waals surface area (Å²) in [6.07, 6.45) is 0. The van der Waals surface area contributed by atoms with Gasteiger partial charge in [-0.3, -0.25) is 9.59 Å². The van der Waals surface area contributed by atoms with Gasteiger partial charge in [0.15, 0.2) is 0 Å². The van der Waals surface area contributed by atoms with Crippen molar-refractivity contribution in [1.82, 2.24) is 0 Å². The van der Waals surface area contributed by atoms with Gasteiger partial charge in [-0.2, -0.15) is 0 Å². The minimum absolute atomic E-state index is 0.0551. The van der Waals surface area contributed by atoms with Crippen molar-refractivity contribution in [2.45, 2.75) is 0 Å². The van der Waals surface area contributed by atoms with Gasteiger partial charge in [0, 0.05) is 28.4 Å². The lowest BCUT2D eigenvalue weighted by Gasteiger charge is -2.22. The fourth-order valence-electron chi connectivity index (χ4n) is 3.05. The Balaban J connectivity index is 1.91. The first-order valence-corrected chi connectivity index (χ1v) is 16.7. The van der Waals surface area contributed by atoms with Crippen LogP contribution in [0.1, 0.15) is 20.7 Å². The van der Waals surface area contributed by atoms with E-state index in [0.717, 1.165) is 7.14 Å². The molecule has 0 aliphatic rings. The largest absolute Gasteiger partial charge is 0.478 e. The van der Waals surface area contributed by atoms with Gasteiger partial charge in [0.2, 0.25) is 0 Å². The standard InChI is InChI=1S/C22H18I6N2O8/c1-29(19-11(25)5-9(23)15(17(19)27)21(33)34)13(31)7-37-3-4-38-8-14(32)30(2)20-12(26)6-10(24)16(18(20)28)22(35)36/h5-6H,3-4,7-8H2,1-2H3,(H,33,34)(H,35,36). The number of ether oxygens (including phenoxy) is 2. The second kappa shape index (κ2) is 15.7. The first kappa shape index (κ1) is 34.8. The molecule has 2 amide bonds. The number of halogens is 6. The number of carbonyl (C=O) groups is 4. The molecule has 0 saturated heterocycles. The Morgan fingerprint density at radius 3 is 1.26 bits per heavy atom. The molecule has 0 aliphatic heterocycles. The van der Waals surface area contributed by atoms with Crippen LogP contribution in [0.25, 0.3) is 0 Å².